The van der Waals surface area contributed by atoms with Gasteiger partial charge in [0.1, 0.15) is 0 Å². The Bertz CT molecular complexity index is 1230. The van der Waals surface area contributed by atoms with Crippen molar-refractivity contribution < 1.29 is 53.8 Å². The number of benzene rings is 2. The van der Waals surface area contributed by atoms with Crippen LogP contribution in [0.2, 0.25) is 0 Å². The fourth-order valence-corrected chi connectivity index (χ4v) is 5.46. The SMILES string of the molecule is COCC1CN(CCN2CCN(C(=O)c3cc(C(F)(F)F)cc(C(F)(F)F)c3)C(Cc3ccc(C(F)(F)F)cc3)C2)CCO1. The second-order valence-electron chi connectivity index (χ2n) is 10.9. The monoisotopic (exact) mass is 641 g/mol. The summed E-state index contributed by atoms with van der Waals surface area (Å²) in [5, 5.41) is 0. The van der Waals surface area contributed by atoms with Crippen LogP contribution in [-0.2, 0) is 34.4 Å². The molecule has 2 aromatic rings. The number of methoxy groups -OCH3 is 1. The molecule has 2 atom stereocenters. The predicted molar refractivity (Wildman–Crippen MR) is 141 cm³/mol. The highest BCUT2D eigenvalue weighted by Gasteiger charge is 2.39. The summed E-state index contributed by atoms with van der Waals surface area (Å²) in [5.41, 5.74) is -4.43. The molecule has 2 unspecified atom stereocenters. The molecular weight excluding hydrogens is 609 g/mol. The van der Waals surface area contributed by atoms with Gasteiger partial charge in [-0.05, 0) is 42.3 Å². The standard InChI is InChI=1S/C29H32F9N3O3/c1-43-18-25-17-40(10-11-44-25)7-6-39-8-9-41(24(16-39)12-19-2-4-21(5-3-19)27(30,31)32)26(42)20-13-22(28(33,34)35)15-23(14-20)29(36,37)38/h2-5,13-15,24-25H,6-12,16-18H2,1H3. The van der Waals surface area contributed by atoms with Crippen LogP contribution in [0.25, 0.3) is 0 Å². The second kappa shape index (κ2) is 13.6. The number of alkyl halides is 9. The molecular formula is C29H32F9N3O3. The zero-order valence-electron chi connectivity index (χ0n) is 23.7. The van der Waals surface area contributed by atoms with Gasteiger partial charge < -0.3 is 14.4 Å². The molecule has 2 saturated heterocycles. The largest absolute Gasteiger partial charge is 0.416 e. The van der Waals surface area contributed by atoms with Gasteiger partial charge in [0.2, 0.25) is 0 Å². The van der Waals surface area contributed by atoms with Crippen LogP contribution in [-0.4, -0.2) is 98.9 Å². The molecule has 2 fully saturated rings. The lowest BCUT2D eigenvalue weighted by Gasteiger charge is -2.43. The zero-order valence-corrected chi connectivity index (χ0v) is 23.7. The number of carbonyl (C=O) groups is 1. The predicted octanol–water partition coefficient (Wildman–Crippen LogP) is 5.46. The molecule has 244 valence electrons. The van der Waals surface area contributed by atoms with E-state index in [1.165, 1.54) is 17.0 Å². The maximum absolute atomic E-state index is 13.5. The Hall–Kier alpha value is -2.88. The summed E-state index contributed by atoms with van der Waals surface area (Å²) < 4.78 is 131. The molecule has 2 aliphatic rings. The quantitative estimate of drug-likeness (QED) is 0.359. The van der Waals surface area contributed by atoms with Crippen molar-refractivity contribution in [2.24, 2.45) is 0 Å². The van der Waals surface area contributed by atoms with E-state index in [1.807, 2.05) is 4.90 Å². The third-order valence-corrected chi connectivity index (χ3v) is 7.72. The van der Waals surface area contributed by atoms with Gasteiger partial charge in [-0.2, -0.15) is 39.5 Å². The molecule has 6 nitrogen and oxygen atoms in total. The van der Waals surface area contributed by atoms with E-state index in [4.69, 9.17) is 9.47 Å². The Kier molecular flexibility index (Phi) is 10.5. The lowest BCUT2D eigenvalue weighted by atomic mass is 9.98. The molecule has 0 aromatic heterocycles. The molecule has 15 heteroatoms. The van der Waals surface area contributed by atoms with Crippen molar-refractivity contribution in [3.8, 4) is 0 Å². The number of amides is 1. The molecule has 0 radical (unpaired) electrons. The lowest BCUT2D eigenvalue weighted by molar-refractivity contribution is -0.143. The number of rotatable bonds is 8. The van der Waals surface area contributed by atoms with Crippen LogP contribution in [0.3, 0.4) is 0 Å². The number of carbonyl (C=O) groups excluding carboxylic acids is 1. The molecule has 0 aliphatic carbocycles. The van der Waals surface area contributed by atoms with Crippen molar-refractivity contribution >= 4 is 5.91 Å². The molecule has 2 heterocycles. The van der Waals surface area contributed by atoms with Gasteiger partial charge in [0.25, 0.3) is 5.91 Å². The molecule has 4 rings (SSSR count). The van der Waals surface area contributed by atoms with E-state index in [0.29, 0.717) is 63.6 Å². The first kappa shape index (κ1) is 34.0. The van der Waals surface area contributed by atoms with Gasteiger partial charge in [-0.3, -0.25) is 14.6 Å². The minimum absolute atomic E-state index is 0.00284. The Morgan fingerprint density at radius 1 is 0.795 bits per heavy atom. The molecule has 0 spiro atoms. The van der Waals surface area contributed by atoms with Crippen LogP contribution in [0.4, 0.5) is 39.5 Å². The molecule has 0 N–H and O–H groups in total. The number of piperazine rings is 1. The van der Waals surface area contributed by atoms with E-state index in [0.717, 1.165) is 12.1 Å². The van der Waals surface area contributed by atoms with E-state index >= 15 is 0 Å². The van der Waals surface area contributed by atoms with Crippen LogP contribution in [0.15, 0.2) is 42.5 Å². The van der Waals surface area contributed by atoms with Crippen LogP contribution in [0.5, 0.6) is 0 Å². The molecule has 0 bridgehead atoms. The highest BCUT2D eigenvalue weighted by atomic mass is 19.4. The maximum atomic E-state index is 13.5. The number of ether oxygens (including phenoxy) is 2. The Balaban J connectivity index is 1.56. The smallest absolute Gasteiger partial charge is 0.382 e. The molecule has 0 saturated carbocycles. The Morgan fingerprint density at radius 3 is 1.91 bits per heavy atom. The number of halogens is 9. The normalized spacial score (nSPS) is 21.1. The van der Waals surface area contributed by atoms with Crippen molar-refractivity contribution in [2.75, 3.05) is 66.1 Å². The van der Waals surface area contributed by atoms with E-state index in [9.17, 15) is 44.3 Å². The average Bonchev–Trinajstić information content (AvgIpc) is 2.95. The summed E-state index contributed by atoms with van der Waals surface area (Å²) in [6.07, 6.45) is -14.9. The summed E-state index contributed by atoms with van der Waals surface area (Å²) in [6.45, 7) is 3.96. The maximum Gasteiger partial charge on any atom is 0.416 e. The van der Waals surface area contributed by atoms with Gasteiger partial charge in [-0.15, -0.1) is 0 Å². The van der Waals surface area contributed by atoms with Crippen LogP contribution in [0, 0.1) is 0 Å². The van der Waals surface area contributed by atoms with E-state index < -0.39 is 52.7 Å². The van der Waals surface area contributed by atoms with Gasteiger partial charge in [-0.1, -0.05) is 12.1 Å². The fourth-order valence-electron chi connectivity index (χ4n) is 5.46. The first-order chi connectivity index (χ1) is 20.5. The topological polar surface area (TPSA) is 45.2 Å². The summed E-state index contributed by atoms with van der Waals surface area (Å²) in [7, 11) is 1.57. The van der Waals surface area contributed by atoms with E-state index in [-0.39, 0.29) is 31.7 Å². The van der Waals surface area contributed by atoms with Crippen LogP contribution in [0.1, 0.15) is 32.6 Å². The van der Waals surface area contributed by atoms with Crippen molar-refractivity contribution in [2.45, 2.75) is 37.1 Å². The molecule has 2 aromatic carbocycles. The Labute approximate surface area is 248 Å². The molecule has 2 aliphatic heterocycles. The minimum atomic E-state index is -5.13. The van der Waals surface area contributed by atoms with Crippen molar-refractivity contribution in [3.05, 3.63) is 70.3 Å². The summed E-state index contributed by atoms with van der Waals surface area (Å²) in [5.74, 6) is -1.02. The summed E-state index contributed by atoms with van der Waals surface area (Å²) in [6, 6.07) is 4.29. The lowest BCUT2D eigenvalue weighted by Crippen LogP contribution is -2.57. The molecule has 44 heavy (non-hydrogen) atoms. The minimum Gasteiger partial charge on any atom is -0.382 e. The van der Waals surface area contributed by atoms with Gasteiger partial charge >= 0.3 is 18.5 Å². The number of nitrogens with zero attached hydrogens (tertiary/aromatic N) is 3. The summed E-state index contributed by atoms with van der Waals surface area (Å²) >= 11 is 0. The van der Waals surface area contributed by atoms with Crippen molar-refractivity contribution in [1.82, 2.24) is 14.7 Å². The van der Waals surface area contributed by atoms with Crippen LogP contribution < -0.4 is 0 Å². The van der Waals surface area contributed by atoms with Gasteiger partial charge in [0, 0.05) is 64.5 Å². The van der Waals surface area contributed by atoms with Crippen molar-refractivity contribution in [1.29, 1.82) is 0 Å². The Morgan fingerprint density at radius 2 is 1.36 bits per heavy atom. The zero-order chi connectivity index (χ0) is 32.3. The van der Waals surface area contributed by atoms with Gasteiger partial charge in [-0.25, -0.2) is 0 Å². The first-order valence-corrected chi connectivity index (χ1v) is 13.9. The highest BCUT2D eigenvalue weighted by Crippen LogP contribution is 2.37. The van der Waals surface area contributed by atoms with Crippen molar-refractivity contribution in [3.63, 3.8) is 0 Å². The highest BCUT2D eigenvalue weighted by molar-refractivity contribution is 5.95. The fraction of sp³-hybridized carbons (Fsp3) is 0.552. The average molecular weight is 642 g/mol. The first-order valence-electron chi connectivity index (χ1n) is 13.9. The van der Waals surface area contributed by atoms with E-state index in [2.05, 4.69) is 4.90 Å². The third kappa shape index (κ3) is 8.86. The van der Waals surface area contributed by atoms with E-state index in [1.54, 1.807) is 7.11 Å². The van der Waals surface area contributed by atoms with Gasteiger partial charge in [0.15, 0.2) is 0 Å². The second-order valence-corrected chi connectivity index (χ2v) is 10.9. The van der Waals surface area contributed by atoms with Gasteiger partial charge in [0.05, 0.1) is 36.0 Å². The molecule has 1 amide bonds. The third-order valence-electron chi connectivity index (χ3n) is 7.72. The number of hydrogen-bond donors (Lipinski definition) is 0. The number of morpholine rings is 1. The number of hydrogen-bond acceptors (Lipinski definition) is 5. The summed E-state index contributed by atoms with van der Waals surface area (Å²) in [4.78, 5) is 19.0. The van der Waals surface area contributed by atoms with Crippen LogP contribution >= 0.6 is 0 Å².